The number of phenols is 1. The fourth-order valence-electron chi connectivity index (χ4n) is 2.16. The summed E-state index contributed by atoms with van der Waals surface area (Å²) in [5.41, 5.74) is 1.75. The summed E-state index contributed by atoms with van der Waals surface area (Å²) in [6, 6.07) is 3.35. The van der Waals surface area contributed by atoms with E-state index in [0.717, 1.165) is 0 Å². The fraction of sp³-hybridized carbons (Fsp3) is 0.133. The number of aryl methyl sites for hydroxylation is 1. The van der Waals surface area contributed by atoms with E-state index in [9.17, 15) is 5.11 Å². The molecule has 2 aromatic rings. The Kier molecular flexibility index (Phi) is 3.68. The van der Waals surface area contributed by atoms with Crippen molar-refractivity contribution >= 4 is 30.1 Å². The molecule has 1 aliphatic heterocycles. The lowest BCUT2D eigenvalue weighted by Gasteiger charge is -2.13. The molecule has 0 fully saturated rings. The zero-order chi connectivity index (χ0) is 15.7. The van der Waals surface area contributed by atoms with Gasteiger partial charge in [0.2, 0.25) is 0 Å². The van der Waals surface area contributed by atoms with Crippen LogP contribution >= 0.6 is 11.6 Å². The number of hydrogen-bond acceptors (Lipinski definition) is 6. The normalized spacial score (nSPS) is 13.0. The van der Waals surface area contributed by atoms with E-state index in [1.165, 1.54) is 7.11 Å². The number of benzene rings is 1. The Morgan fingerprint density at radius 2 is 2.00 bits per heavy atom. The molecule has 2 heterocycles. The van der Waals surface area contributed by atoms with Crippen molar-refractivity contribution in [3.05, 3.63) is 34.3 Å². The minimum Gasteiger partial charge on any atom is -0.503 e. The van der Waals surface area contributed by atoms with Gasteiger partial charge >= 0.3 is 0 Å². The lowest BCUT2D eigenvalue weighted by atomic mass is 10.0. The third-order valence-electron chi connectivity index (χ3n) is 3.09. The topological polar surface area (TPSA) is 80.2 Å². The first-order valence-electron chi connectivity index (χ1n) is 6.41. The molecule has 0 amide bonds. The van der Waals surface area contributed by atoms with Gasteiger partial charge in [-0.3, -0.25) is 0 Å². The highest BCUT2D eigenvalue weighted by Gasteiger charge is 2.21. The molecule has 7 heteroatoms. The number of halogens is 1. The number of ether oxygens (including phenoxy) is 1. The molecule has 1 aromatic heterocycles. The van der Waals surface area contributed by atoms with Crippen molar-refractivity contribution in [3.63, 3.8) is 0 Å². The summed E-state index contributed by atoms with van der Waals surface area (Å²) in [6.45, 7) is 1.78. The maximum absolute atomic E-state index is 10.1. The molecule has 0 bridgehead atoms. The molecular weight excluding hydrogens is 306 g/mol. The molecule has 1 N–H and O–H groups in total. The van der Waals surface area contributed by atoms with E-state index < -0.39 is 0 Å². The number of aromatic hydroxyl groups is 1. The smallest absolute Gasteiger partial charge is 0.177 e. The number of aromatic nitrogens is 1. The first kappa shape index (κ1) is 14.3. The summed E-state index contributed by atoms with van der Waals surface area (Å²) in [4.78, 5) is 8.20. The van der Waals surface area contributed by atoms with Crippen molar-refractivity contribution in [2.75, 3.05) is 7.11 Å². The Morgan fingerprint density at radius 1 is 1.27 bits per heavy atom. The van der Waals surface area contributed by atoms with Crippen LogP contribution in [0.3, 0.4) is 0 Å². The molecule has 0 saturated heterocycles. The number of phenolic OH excluding ortho intramolecular Hbond substituents is 1. The molecular formula is C15H12ClN3O3. The number of rotatable bonds is 3. The molecule has 0 aliphatic carbocycles. The second kappa shape index (κ2) is 5.65. The van der Waals surface area contributed by atoms with E-state index in [1.807, 2.05) is 0 Å². The van der Waals surface area contributed by atoms with Crippen LogP contribution in [0.15, 0.2) is 32.5 Å². The van der Waals surface area contributed by atoms with Gasteiger partial charge in [0, 0.05) is 18.5 Å². The number of aliphatic imine (C=N–C) groups is 2. The van der Waals surface area contributed by atoms with Gasteiger partial charge in [-0.25, -0.2) is 9.98 Å². The zero-order valence-electron chi connectivity index (χ0n) is 11.9. The first-order valence-corrected chi connectivity index (χ1v) is 6.79. The highest BCUT2D eigenvalue weighted by Crippen LogP contribution is 2.45. The van der Waals surface area contributed by atoms with Gasteiger partial charge in [0.1, 0.15) is 11.5 Å². The quantitative estimate of drug-likeness (QED) is 0.939. The highest BCUT2D eigenvalue weighted by molar-refractivity contribution is 6.32. The zero-order valence-corrected chi connectivity index (χ0v) is 12.6. The summed E-state index contributed by atoms with van der Waals surface area (Å²) in [7, 11) is 1.45. The van der Waals surface area contributed by atoms with Gasteiger partial charge in [0.15, 0.2) is 17.3 Å². The highest BCUT2D eigenvalue weighted by atomic mass is 35.5. The summed E-state index contributed by atoms with van der Waals surface area (Å²) in [5, 5.41) is 14.3. The Bertz CT molecular complexity index is 808. The molecule has 112 valence electrons. The molecule has 3 rings (SSSR count). The summed E-state index contributed by atoms with van der Waals surface area (Å²) in [5.74, 6) is 1.23. The van der Waals surface area contributed by atoms with Crippen LogP contribution in [-0.2, 0) is 0 Å². The molecule has 0 atom stereocenters. The van der Waals surface area contributed by atoms with Gasteiger partial charge < -0.3 is 14.4 Å². The molecule has 0 unspecified atom stereocenters. The van der Waals surface area contributed by atoms with Crippen LogP contribution in [0.25, 0.3) is 17.3 Å². The molecule has 0 spiro atoms. The first-order chi connectivity index (χ1) is 10.6. The summed E-state index contributed by atoms with van der Waals surface area (Å²) in [6.07, 6.45) is 4.91. The Hall–Kier alpha value is -2.60. The van der Waals surface area contributed by atoms with Gasteiger partial charge in [-0.15, -0.1) is 0 Å². The minimum absolute atomic E-state index is 0.152. The average Bonchev–Trinajstić information content (AvgIpc) is 3.14. The van der Waals surface area contributed by atoms with Crippen LogP contribution in [0.2, 0.25) is 5.02 Å². The van der Waals surface area contributed by atoms with Crippen molar-refractivity contribution in [3.8, 4) is 22.8 Å². The second-order valence-corrected chi connectivity index (χ2v) is 4.99. The van der Waals surface area contributed by atoms with Crippen LogP contribution in [0.5, 0.6) is 11.5 Å². The molecule has 0 radical (unpaired) electrons. The maximum Gasteiger partial charge on any atom is 0.177 e. The fourth-order valence-corrected chi connectivity index (χ4v) is 2.37. The second-order valence-electron chi connectivity index (χ2n) is 4.59. The monoisotopic (exact) mass is 317 g/mol. The third-order valence-corrected chi connectivity index (χ3v) is 3.38. The van der Waals surface area contributed by atoms with E-state index in [4.69, 9.17) is 20.9 Å². The van der Waals surface area contributed by atoms with E-state index in [1.54, 1.807) is 37.6 Å². The predicted molar refractivity (Wildman–Crippen MR) is 84.9 cm³/mol. The van der Waals surface area contributed by atoms with Gasteiger partial charge in [0.05, 0.1) is 17.7 Å². The van der Waals surface area contributed by atoms with E-state index in [-0.39, 0.29) is 16.5 Å². The largest absolute Gasteiger partial charge is 0.503 e. The number of nitrogens with zero attached hydrogens (tertiary/aromatic N) is 3. The van der Waals surface area contributed by atoms with Crippen LogP contribution < -0.4 is 4.74 Å². The summed E-state index contributed by atoms with van der Waals surface area (Å²) >= 11 is 6.07. The van der Waals surface area contributed by atoms with Gasteiger partial charge in [-0.1, -0.05) is 16.8 Å². The van der Waals surface area contributed by atoms with E-state index in [0.29, 0.717) is 28.4 Å². The van der Waals surface area contributed by atoms with Gasteiger partial charge in [0.25, 0.3) is 0 Å². The Morgan fingerprint density at radius 3 is 2.59 bits per heavy atom. The maximum atomic E-state index is 10.1. The minimum atomic E-state index is -0.152. The van der Waals surface area contributed by atoms with Crippen LogP contribution in [0.4, 0.5) is 0 Å². The summed E-state index contributed by atoms with van der Waals surface area (Å²) < 4.78 is 10.4. The van der Waals surface area contributed by atoms with Crippen LogP contribution in [-0.4, -0.2) is 29.8 Å². The standard InChI is InChI=1S/C15H12ClN3O3/c1-8-5-11(19-22-8)13-9(7-12-17-3-4-18-12)6-10(16)14(20)15(13)21-2/h3-7,20H,1-2H3. The van der Waals surface area contributed by atoms with Gasteiger partial charge in [-0.05, 0) is 24.6 Å². The lowest BCUT2D eigenvalue weighted by Crippen LogP contribution is -1.93. The number of methoxy groups -OCH3 is 1. The Labute approximate surface area is 131 Å². The molecule has 6 nitrogen and oxygen atoms in total. The SMILES string of the molecule is COc1c(O)c(Cl)cc(C=C2N=CC=N2)c1-c1cc(C)on1. The number of hydrogen-bond donors (Lipinski definition) is 1. The van der Waals surface area contributed by atoms with Crippen LogP contribution in [0.1, 0.15) is 11.3 Å². The molecule has 0 saturated carbocycles. The van der Waals surface area contributed by atoms with Crippen molar-refractivity contribution < 1.29 is 14.4 Å². The molecule has 1 aliphatic rings. The lowest BCUT2D eigenvalue weighted by molar-refractivity contribution is 0.373. The van der Waals surface area contributed by atoms with Crippen molar-refractivity contribution in [2.24, 2.45) is 9.98 Å². The average molecular weight is 318 g/mol. The molecule has 22 heavy (non-hydrogen) atoms. The van der Waals surface area contributed by atoms with Crippen molar-refractivity contribution in [1.29, 1.82) is 0 Å². The molecule has 1 aromatic carbocycles. The van der Waals surface area contributed by atoms with Crippen molar-refractivity contribution in [1.82, 2.24) is 5.16 Å². The Balaban J connectivity index is 2.28. The van der Waals surface area contributed by atoms with E-state index >= 15 is 0 Å². The van der Waals surface area contributed by atoms with E-state index in [2.05, 4.69) is 15.1 Å². The predicted octanol–water partition coefficient (Wildman–Crippen LogP) is 3.47. The third kappa shape index (κ3) is 2.48. The van der Waals surface area contributed by atoms with Crippen LogP contribution in [0, 0.1) is 6.92 Å². The van der Waals surface area contributed by atoms with Crippen molar-refractivity contribution in [2.45, 2.75) is 6.92 Å². The van der Waals surface area contributed by atoms with Gasteiger partial charge in [-0.2, -0.15) is 0 Å².